The molecule has 522 valence electrons. The number of ether oxygens (including phenoxy) is 3. The van der Waals surface area contributed by atoms with Crippen molar-refractivity contribution in [3.8, 4) is 22.3 Å². The van der Waals surface area contributed by atoms with E-state index in [4.69, 9.17) is 35.4 Å². The van der Waals surface area contributed by atoms with Crippen molar-refractivity contribution in [3.63, 3.8) is 0 Å². The number of amides is 6. The molecule has 34 heteroatoms. The molecule has 8 rings (SSSR count). The number of carboxylic acids is 1. The molecule has 3 aromatic heterocycles. The van der Waals surface area contributed by atoms with Crippen molar-refractivity contribution in [3.05, 3.63) is 120 Å². The molecule has 0 radical (unpaired) electrons. The molecule has 0 spiro atoms. The Labute approximate surface area is 563 Å². The van der Waals surface area contributed by atoms with E-state index in [0.717, 1.165) is 46.6 Å². The molecule has 0 bridgehead atoms. The number of hydrogen-bond donors (Lipinski definition) is 6. The third-order valence-electron chi connectivity index (χ3n) is 14.0. The van der Waals surface area contributed by atoms with Crippen LogP contribution in [0, 0.1) is 0 Å². The van der Waals surface area contributed by atoms with E-state index >= 15 is 0 Å². The number of esters is 1. The van der Waals surface area contributed by atoms with Crippen molar-refractivity contribution in [1.82, 2.24) is 40.2 Å². The average molecular weight is 1390 g/mol. The van der Waals surface area contributed by atoms with Gasteiger partial charge in [-0.1, -0.05) is 41.6 Å². The summed E-state index contributed by atoms with van der Waals surface area (Å²) in [4.78, 5) is 119. The van der Waals surface area contributed by atoms with Gasteiger partial charge in [-0.2, -0.15) is 19.1 Å². The Balaban J connectivity index is 0.000000275. The molecule has 32 nitrogen and oxygen atoms in total. The van der Waals surface area contributed by atoms with Crippen molar-refractivity contribution in [1.29, 1.82) is 0 Å². The normalized spacial score (nSPS) is 15.3. The Hall–Kier alpha value is -9.87. The number of hydroxylamine groups is 4. The summed E-state index contributed by atoms with van der Waals surface area (Å²) in [7, 11) is -3.32. The van der Waals surface area contributed by atoms with Crippen LogP contribution in [0.15, 0.2) is 108 Å². The molecule has 5 heterocycles. The second-order valence-electron chi connectivity index (χ2n) is 25.7. The number of fused-ring (bicyclic) bond motifs is 1. The highest BCUT2D eigenvalue weighted by molar-refractivity contribution is 7.80. The van der Waals surface area contributed by atoms with Crippen LogP contribution in [0.5, 0.6) is 0 Å². The number of aromatic nitrogens is 5. The Morgan fingerprint density at radius 3 is 1.99 bits per heavy atom. The quantitative estimate of drug-likeness (QED) is 0.00383. The molecule has 3 atom stereocenters. The first-order chi connectivity index (χ1) is 45.3. The van der Waals surface area contributed by atoms with Gasteiger partial charge < -0.3 is 56.1 Å². The molecule has 97 heavy (non-hydrogen) atoms. The Morgan fingerprint density at radius 2 is 1.43 bits per heavy atom. The fourth-order valence-electron chi connectivity index (χ4n) is 9.37. The van der Waals surface area contributed by atoms with Gasteiger partial charge >= 0.3 is 24.1 Å². The van der Waals surface area contributed by atoms with Gasteiger partial charge in [-0.15, -0.1) is 21.1 Å². The van der Waals surface area contributed by atoms with Gasteiger partial charge in [0.25, 0.3) is 23.6 Å². The number of nitrogens with one attached hydrogen (secondary N) is 3. The number of carbonyl (C=O) groups excluding carboxylic acids is 7. The maximum absolute atomic E-state index is 13.6. The van der Waals surface area contributed by atoms with Gasteiger partial charge in [-0.3, -0.25) is 28.8 Å². The van der Waals surface area contributed by atoms with E-state index in [-0.39, 0.29) is 28.5 Å². The largest absolute Gasteiger partial charge is 0.724 e. The van der Waals surface area contributed by atoms with Crippen molar-refractivity contribution in [2.24, 2.45) is 17.9 Å². The molecule has 8 N–H and O–H groups in total. The summed E-state index contributed by atoms with van der Waals surface area (Å²) < 4.78 is 59.4. The maximum atomic E-state index is 13.6. The van der Waals surface area contributed by atoms with E-state index < -0.39 is 111 Å². The molecule has 6 aromatic rings. The third kappa shape index (κ3) is 20.6. The first-order valence-corrected chi connectivity index (χ1v) is 32.6. The van der Waals surface area contributed by atoms with Crippen LogP contribution < -0.4 is 37.0 Å². The van der Waals surface area contributed by atoms with E-state index in [0.29, 0.717) is 47.6 Å². The van der Waals surface area contributed by atoms with Crippen molar-refractivity contribution >= 4 is 91.7 Å². The Kier molecular flexibility index (Phi) is 23.7. The van der Waals surface area contributed by atoms with E-state index in [1.807, 2.05) is 47.1 Å². The number of thiazole rings is 1. The van der Waals surface area contributed by atoms with Crippen LogP contribution in [0.3, 0.4) is 0 Å². The molecule has 2 aliphatic heterocycles. The monoisotopic (exact) mass is 1380 g/mol. The van der Waals surface area contributed by atoms with Crippen molar-refractivity contribution in [2.75, 3.05) is 42.1 Å². The van der Waals surface area contributed by atoms with E-state index in [1.165, 1.54) is 36.3 Å². The molecule has 3 aromatic carbocycles. The molecular weight excluding hydrogens is 1300 g/mol. The number of β-lactam (4-membered cyclic amide) rings is 1. The average Bonchev–Trinajstić information content (AvgIpc) is 1.62. The zero-order chi connectivity index (χ0) is 71.5. The van der Waals surface area contributed by atoms with E-state index in [1.54, 1.807) is 122 Å². The lowest BCUT2D eigenvalue weighted by molar-refractivity contribution is -0.753. The number of benzene rings is 3. The van der Waals surface area contributed by atoms with Crippen LogP contribution in [0.2, 0.25) is 0 Å². The number of nitrogens with zero attached hydrogens (tertiary/aromatic N) is 9. The zero-order valence-electron chi connectivity index (χ0n) is 55.6. The first-order valence-electron chi connectivity index (χ1n) is 30.4. The van der Waals surface area contributed by atoms with Crippen LogP contribution in [0.4, 0.5) is 26.1 Å². The third-order valence-corrected chi connectivity index (χ3v) is 15.0. The molecule has 1 fully saturated rings. The number of imide groups is 1. The van der Waals surface area contributed by atoms with Crippen LogP contribution in [0.25, 0.3) is 22.3 Å². The predicted molar refractivity (Wildman–Crippen MR) is 350 cm³/mol. The summed E-state index contributed by atoms with van der Waals surface area (Å²) >= 11 is 0.966. The number of nitrogens with two attached hydrogens (primary N) is 2. The standard InChI is InChI=1S/C37H47N5O9.C26H33N9O9S2/c1-35(2,3)48-32(45)29(51-42-30(43)27-13-10-11-14-28(27)31(42)44)23-41(34(47)50-37(7,8)9)26-17-15-24(16-18-26)25-21-39-40(22-25)20-12-19-38-33(46)49-36(4,5)6;1-26(2)21(23(37)35(26)44-46(40,41)42)31-22(36)20(18-14-45-25(28)30-18)32-43-19(24(38)39)11-29-17-7-5-15(6-8-17)16-12-33(3)34(13-16)10-4-9-27/h10-11,13-18,21-22,29H,12,19-20,23H2,1-9H3,(H,38,46);5-8,12-14,19,21,29H,4,9-11,27H2,1-3H3,(H4-,28,30,31,36,38,39,40,41,42)/t;19?,21-/m.1/s1. The smallest absolute Gasteiger partial charge is 0.414 e. The van der Waals surface area contributed by atoms with Gasteiger partial charge in [0.1, 0.15) is 28.5 Å². The topological polar surface area (TPSA) is 419 Å². The maximum Gasteiger partial charge on any atom is 0.414 e. The van der Waals surface area contributed by atoms with E-state index in [2.05, 4.69) is 35.5 Å². The second kappa shape index (κ2) is 30.9. The van der Waals surface area contributed by atoms with Gasteiger partial charge in [0.05, 0.1) is 54.3 Å². The lowest BCUT2D eigenvalue weighted by Crippen LogP contribution is -2.76. The van der Waals surface area contributed by atoms with Crippen LogP contribution in [0.1, 0.15) is 115 Å². The number of aryl methyl sites for hydroxylation is 3. The highest BCUT2D eigenvalue weighted by Gasteiger charge is 2.57. The van der Waals surface area contributed by atoms with Gasteiger partial charge in [-0.05, 0) is 143 Å². The Bertz CT molecular complexity index is 3960. The molecular formula is C63H80N14O18S2. The zero-order valence-corrected chi connectivity index (χ0v) is 57.2. The molecule has 1 saturated heterocycles. The number of carboxylic acid groups (broad SMARTS) is 1. The molecule has 2 aliphatic rings. The van der Waals surface area contributed by atoms with Gasteiger partial charge in [0, 0.05) is 41.6 Å². The minimum atomic E-state index is -5.26. The predicted octanol–water partition coefficient (Wildman–Crippen LogP) is 5.30. The van der Waals surface area contributed by atoms with Crippen LogP contribution in [-0.2, 0) is 77.9 Å². The number of carbonyl (C=O) groups is 8. The number of aliphatic carboxylic acids is 1. The minimum Gasteiger partial charge on any atom is -0.724 e. The second-order valence-corrected chi connectivity index (χ2v) is 27.5. The Morgan fingerprint density at radius 1 is 0.825 bits per heavy atom. The molecule has 0 aliphatic carbocycles. The number of anilines is 3. The highest BCUT2D eigenvalue weighted by atomic mass is 32.3. The number of hydrogen-bond acceptors (Lipinski definition) is 24. The van der Waals surface area contributed by atoms with E-state index in [9.17, 15) is 56.4 Å². The molecule has 2 unspecified atom stereocenters. The van der Waals surface area contributed by atoms with Gasteiger partial charge in [0.15, 0.2) is 17.9 Å². The summed E-state index contributed by atoms with van der Waals surface area (Å²) in [5.41, 5.74) is 11.6. The first kappa shape index (κ1) is 74.5. The van der Waals surface area contributed by atoms with Gasteiger partial charge in [-0.25, -0.2) is 37.4 Å². The lowest BCUT2D eigenvalue weighted by Gasteiger charge is -2.51. The number of oxime groups is 1. The van der Waals surface area contributed by atoms with Gasteiger partial charge in [0.2, 0.25) is 28.8 Å². The van der Waals surface area contributed by atoms with Crippen molar-refractivity contribution < 1.29 is 89.3 Å². The molecule has 6 amide bonds. The molecule has 0 saturated carbocycles. The number of rotatable bonds is 26. The minimum absolute atomic E-state index is 0.0663. The van der Waals surface area contributed by atoms with Crippen LogP contribution in [-0.4, -0.2) is 168 Å². The van der Waals surface area contributed by atoms with Crippen LogP contribution >= 0.6 is 11.3 Å². The SMILES string of the molecule is CC(C)(C)OC(=O)NCCCn1cc(-c2ccc(N(CC(ON3C(=O)c4ccccc4C3=O)C(=O)OC(C)(C)C)C(=O)OC(C)(C)C)cc2)cn1.C[n+]1cc(-c2ccc(NCC(ON=C(C(=O)N[C@@H]3C(=O)N(OS(=O)(=O)[O-])C3(C)C)c3csc(N)n3)C(=O)O)cc2)cn1CCCN. The summed E-state index contributed by atoms with van der Waals surface area (Å²) in [6, 6.07) is 19.1. The fourth-order valence-corrected chi connectivity index (χ4v) is 10.4. The number of alkyl carbamates (subject to hydrolysis) is 1. The summed E-state index contributed by atoms with van der Waals surface area (Å²) in [5.74, 6) is -5.79. The number of nitrogen functional groups attached to an aromatic ring is 1. The highest BCUT2D eigenvalue weighted by Crippen LogP contribution is 2.34. The fraction of sp³-hybridized carbons (Fsp3) is 0.429. The summed E-state index contributed by atoms with van der Waals surface area (Å²) in [6.07, 6.45) is 4.61. The summed E-state index contributed by atoms with van der Waals surface area (Å²) in [5, 5.41) is 28.3. The lowest BCUT2D eigenvalue weighted by atomic mass is 9.84. The summed E-state index contributed by atoms with van der Waals surface area (Å²) in [6.45, 7) is 19.8. The van der Waals surface area contributed by atoms with Crippen molar-refractivity contribution in [2.45, 2.75) is 143 Å².